The molecule has 1 heterocycles. The van der Waals surface area contributed by atoms with Gasteiger partial charge in [-0.2, -0.15) is 0 Å². The Bertz CT molecular complexity index is 548. The molecule has 0 bridgehead atoms. The molecule has 5 heteroatoms. The van der Waals surface area contributed by atoms with E-state index in [-0.39, 0.29) is 24.2 Å². The molecule has 1 aromatic carbocycles. The van der Waals surface area contributed by atoms with Gasteiger partial charge in [-0.3, -0.25) is 4.79 Å². The number of benzene rings is 1. The summed E-state index contributed by atoms with van der Waals surface area (Å²) in [6.07, 6.45) is 2.85. The van der Waals surface area contributed by atoms with Gasteiger partial charge in [0.05, 0.1) is 19.1 Å². The minimum atomic E-state index is -0.310. The predicted molar refractivity (Wildman–Crippen MR) is 86.6 cm³/mol. The highest BCUT2D eigenvalue weighted by Crippen LogP contribution is 2.29. The predicted octanol–water partition coefficient (Wildman–Crippen LogP) is 1.94. The lowest BCUT2D eigenvalue weighted by Gasteiger charge is -2.35. The van der Waals surface area contributed by atoms with Gasteiger partial charge in [-0.25, -0.2) is 4.39 Å². The highest BCUT2D eigenvalue weighted by atomic mass is 19.1. The molecule has 2 aliphatic rings. The second-order valence-corrected chi connectivity index (χ2v) is 6.77. The van der Waals surface area contributed by atoms with Crippen LogP contribution in [0, 0.1) is 11.7 Å². The Morgan fingerprint density at radius 1 is 1.35 bits per heavy atom. The summed E-state index contributed by atoms with van der Waals surface area (Å²) < 4.78 is 19.5. The lowest BCUT2D eigenvalue weighted by atomic mass is 10.1. The van der Waals surface area contributed by atoms with E-state index in [0.717, 1.165) is 19.0 Å². The van der Waals surface area contributed by atoms with Crippen LogP contribution in [0.1, 0.15) is 18.4 Å². The molecule has 1 saturated carbocycles. The van der Waals surface area contributed by atoms with Crippen LogP contribution in [0.15, 0.2) is 24.3 Å². The largest absolute Gasteiger partial charge is 0.373 e. The Labute approximate surface area is 137 Å². The zero-order chi connectivity index (χ0) is 16.2. The molecule has 126 valence electrons. The molecule has 1 aliphatic heterocycles. The maximum atomic E-state index is 13.7. The van der Waals surface area contributed by atoms with Crippen molar-refractivity contribution in [3.8, 4) is 0 Å². The van der Waals surface area contributed by atoms with Crippen LogP contribution in [0.3, 0.4) is 0 Å². The van der Waals surface area contributed by atoms with Crippen LogP contribution < -0.4 is 0 Å². The van der Waals surface area contributed by atoms with E-state index in [4.69, 9.17) is 4.74 Å². The van der Waals surface area contributed by atoms with Gasteiger partial charge in [0, 0.05) is 26.2 Å². The number of hydrogen-bond donors (Lipinski definition) is 0. The first-order chi connectivity index (χ1) is 11.1. The molecule has 0 spiro atoms. The molecular formula is C18H25FN2O2. The molecule has 2 fully saturated rings. The molecule has 23 heavy (non-hydrogen) atoms. The van der Waals surface area contributed by atoms with Crippen molar-refractivity contribution in [1.82, 2.24) is 9.80 Å². The van der Waals surface area contributed by atoms with Crippen LogP contribution in [0.2, 0.25) is 0 Å². The molecule has 0 N–H and O–H groups in total. The summed E-state index contributed by atoms with van der Waals surface area (Å²) in [4.78, 5) is 16.5. The van der Waals surface area contributed by atoms with Crippen molar-refractivity contribution in [2.75, 3.05) is 39.8 Å². The first-order valence-electron chi connectivity index (χ1n) is 8.43. The number of ether oxygens (including phenoxy) is 1. The normalized spacial score (nSPS) is 21.7. The van der Waals surface area contributed by atoms with Gasteiger partial charge in [0.2, 0.25) is 5.91 Å². The van der Waals surface area contributed by atoms with Gasteiger partial charge in [0.15, 0.2) is 0 Å². The van der Waals surface area contributed by atoms with E-state index in [1.54, 1.807) is 18.2 Å². The van der Waals surface area contributed by atoms with Gasteiger partial charge in [0.1, 0.15) is 5.82 Å². The van der Waals surface area contributed by atoms with E-state index in [9.17, 15) is 9.18 Å². The average molecular weight is 320 g/mol. The summed E-state index contributed by atoms with van der Waals surface area (Å²) in [5.74, 6) is 0.519. The molecular weight excluding hydrogens is 295 g/mol. The fourth-order valence-corrected chi connectivity index (χ4v) is 3.14. The molecule has 1 saturated heterocycles. The Balaban J connectivity index is 1.50. The standard InChI is InChI=1S/C18H25FN2O2/c1-20(11-14-6-7-14)12-16-13-21(8-9-23-16)18(22)10-15-4-2-3-5-17(15)19/h2-5,14,16H,6-13H2,1H3/t16-/m0/s1. The molecule has 1 aliphatic carbocycles. The highest BCUT2D eigenvalue weighted by molar-refractivity contribution is 5.79. The molecule has 4 nitrogen and oxygen atoms in total. The summed E-state index contributed by atoms with van der Waals surface area (Å²) in [7, 11) is 2.11. The summed E-state index contributed by atoms with van der Waals surface area (Å²) in [5.41, 5.74) is 0.464. The third-order valence-corrected chi connectivity index (χ3v) is 4.57. The van der Waals surface area contributed by atoms with E-state index in [1.165, 1.54) is 18.9 Å². The molecule has 1 amide bonds. The van der Waals surface area contributed by atoms with E-state index in [0.29, 0.717) is 25.3 Å². The Morgan fingerprint density at radius 3 is 2.87 bits per heavy atom. The highest BCUT2D eigenvalue weighted by Gasteiger charge is 2.28. The monoisotopic (exact) mass is 320 g/mol. The first kappa shape index (κ1) is 16.4. The quantitative estimate of drug-likeness (QED) is 0.803. The van der Waals surface area contributed by atoms with Crippen LogP contribution in [0.4, 0.5) is 4.39 Å². The van der Waals surface area contributed by atoms with Gasteiger partial charge in [-0.1, -0.05) is 18.2 Å². The second kappa shape index (κ2) is 7.41. The van der Waals surface area contributed by atoms with Crippen molar-refractivity contribution in [2.45, 2.75) is 25.4 Å². The third-order valence-electron chi connectivity index (χ3n) is 4.57. The Hall–Kier alpha value is -1.46. The number of morpholine rings is 1. The van der Waals surface area contributed by atoms with E-state index in [2.05, 4.69) is 11.9 Å². The maximum absolute atomic E-state index is 13.7. The molecule has 1 atom stereocenters. The summed E-state index contributed by atoms with van der Waals surface area (Å²) in [6.45, 7) is 3.71. The number of hydrogen-bond acceptors (Lipinski definition) is 3. The van der Waals surface area contributed by atoms with Gasteiger partial charge >= 0.3 is 0 Å². The molecule has 3 rings (SSSR count). The minimum Gasteiger partial charge on any atom is -0.373 e. The van der Waals surface area contributed by atoms with Crippen molar-refractivity contribution >= 4 is 5.91 Å². The SMILES string of the molecule is CN(CC1CC1)C[C@H]1CN(C(=O)Cc2ccccc2F)CCO1. The van der Waals surface area contributed by atoms with Gasteiger partial charge in [0.25, 0.3) is 0 Å². The van der Waals surface area contributed by atoms with E-state index < -0.39 is 0 Å². The van der Waals surface area contributed by atoms with Crippen molar-refractivity contribution in [3.63, 3.8) is 0 Å². The number of rotatable bonds is 6. The molecule has 0 aromatic heterocycles. The smallest absolute Gasteiger partial charge is 0.227 e. The van der Waals surface area contributed by atoms with E-state index in [1.807, 2.05) is 4.90 Å². The van der Waals surface area contributed by atoms with Crippen LogP contribution >= 0.6 is 0 Å². The van der Waals surface area contributed by atoms with Gasteiger partial charge < -0.3 is 14.5 Å². The van der Waals surface area contributed by atoms with Crippen LogP contribution in [-0.2, 0) is 16.0 Å². The fraction of sp³-hybridized carbons (Fsp3) is 0.611. The lowest BCUT2D eigenvalue weighted by molar-refractivity contribution is -0.138. The van der Waals surface area contributed by atoms with Gasteiger partial charge in [-0.05, 0) is 37.4 Å². The maximum Gasteiger partial charge on any atom is 0.227 e. The van der Waals surface area contributed by atoms with Crippen molar-refractivity contribution in [3.05, 3.63) is 35.6 Å². The van der Waals surface area contributed by atoms with Gasteiger partial charge in [-0.15, -0.1) is 0 Å². The average Bonchev–Trinajstić information content (AvgIpc) is 3.33. The molecule has 1 aromatic rings. The summed E-state index contributed by atoms with van der Waals surface area (Å²) >= 11 is 0. The first-order valence-corrected chi connectivity index (χ1v) is 8.43. The van der Waals surface area contributed by atoms with Crippen molar-refractivity contribution < 1.29 is 13.9 Å². The van der Waals surface area contributed by atoms with E-state index >= 15 is 0 Å². The Kier molecular flexibility index (Phi) is 5.28. The number of carbonyl (C=O) groups excluding carboxylic acids is 1. The second-order valence-electron chi connectivity index (χ2n) is 6.77. The number of likely N-dealkylation sites (N-methyl/N-ethyl adjacent to an activating group) is 1. The third kappa shape index (κ3) is 4.75. The van der Waals surface area contributed by atoms with Crippen molar-refractivity contribution in [1.29, 1.82) is 0 Å². The van der Waals surface area contributed by atoms with Crippen LogP contribution in [0.25, 0.3) is 0 Å². The lowest BCUT2D eigenvalue weighted by Crippen LogP contribution is -2.49. The fourth-order valence-electron chi connectivity index (χ4n) is 3.14. The zero-order valence-corrected chi connectivity index (χ0v) is 13.7. The Morgan fingerprint density at radius 2 is 2.13 bits per heavy atom. The molecule has 0 unspecified atom stereocenters. The summed E-state index contributed by atoms with van der Waals surface area (Å²) in [6, 6.07) is 6.48. The number of nitrogens with zero attached hydrogens (tertiary/aromatic N) is 2. The van der Waals surface area contributed by atoms with Crippen LogP contribution in [0.5, 0.6) is 0 Å². The summed E-state index contributed by atoms with van der Waals surface area (Å²) in [5, 5.41) is 0. The minimum absolute atomic E-state index is 0.0201. The molecule has 0 radical (unpaired) electrons. The number of amides is 1. The topological polar surface area (TPSA) is 32.8 Å². The van der Waals surface area contributed by atoms with Crippen LogP contribution in [-0.4, -0.2) is 61.6 Å². The zero-order valence-electron chi connectivity index (χ0n) is 13.7. The van der Waals surface area contributed by atoms with Crippen molar-refractivity contribution in [2.24, 2.45) is 5.92 Å². The number of carbonyl (C=O) groups is 1. The number of halogens is 1.